The van der Waals surface area contributed by atoms with Crippen LogP contribution in [-0.2, 0) is 21.9 Å². The van der Waals surface area contributed by atoms with Crippen LogP contribution in [0.3, 0.4) is 0 Å². The molecule has 26 heavy (non-hydrogen) atoms. The van der Waals surface area contributed by atoms with E-state index in [0.717, 1.165) is 16.8 Å². The molecule has 1 aromatic heterocycles. The van der Waals surface area contributed by atoms with Crippen LogP contribution in [0.25, 0.3) is 0 Å². The van der Waals surface area contributed by atoms with Crippen LogP contribution in [-0.4, -0.2) is 41.3 Å². The van der Waals surface area contributed by atoms with Crippen molar-refractivity contribution in [3.8, 4) is 0 Å². The summed E-state index contributed by atoms with van der Waals surface area (Å²) in [6.45, 7) is 4.58. The standard InChI is InChI=1S/C18H24N4O3S/c1-13-4-5-14(2)16(10-13)20-18(23)15-6-8-22(9-7-15)26(24,25)17-11-21(3)12-19-17/h4-5,10-12,15H,6-9H2,1-3H3,(H,20,23). The third kappa shape index (κ3) is 3.81. The zero-order chi connectivity index (χ0) is 18.9. The third-order valence-electron chi connectivity index (χ3n) is 4.76. The number of amides is 1. The smallest absolute Gasteiger partial charge is 0.262 e. The lowest BCUT2D eigenvalue weighted by Gasteiger charge is -2.30. The average molecular weight is 376 g/mol. The fourth-order valence-electron chi connectivity index (χ4n) is 3.12. The number of nitrogens with zero attached hydrogens (tertiary/aromatic N) is 3. The molecule has 3 rings (SSSR count). The van der Waals surface area contributed by atoms with Crippen LogP contribution in [0.15, 0.2) is 35.7 Å². The fourth-order valence-corrected chi connectivity index (χ4v) is 4.55. The molecule has 140 valence electrons. The SMILES string of the molecule is Cc1ccc(C)c(NC(=O)C2CCN(S(=O)(=O)c3cn(C)cn3)CC2)c1. The summed E-state index contributed by atoms with van der Waals surface area (Å²) >= 11 is 0. The van der Waals surface area contributed by atoms with E-state index in [1.54, 1.807) is 11.6 Å². The highest BCUT2D eigenvalue weighted by molar-refractivity contribution is 7.89. The summed E-state index contributed by atoms with van der Waals surface area (Å²) in [4.78, 5) is 16.5. The Balaban J connectivity index is 1.63. The Morgan fingerprint density at radius 1 is 1.23 bits per heavy atom. The summed E-state index contributed by atoms with van der Waals surface area (Å²) < 4.78 is 28.2. The van der Waals surface area contributed by atoms with E-state index in [0.29, 0.717) is 25.9 Å². The highest BCUT2D eigenvalue weighted by Crippen LogP contribution is 2.25. The van der Waals surface area contributed by atoms with Gasteiger partial charge in [0.1, 0.15) is 0 Å². The first kappa shape index (κ1) is 18.6. The summed E-state index contributed by atoms with van der Waals surface area (Å²) in [6.07, 6.45) is 3.97. The molecular weight excluding hydrogens is 352 g/mol. The summed E-state index contributed by atoms with van der Waals surface area (Å²) in [5.41, 5.74) is 2.92. The van der Waals surface area contributed by atoms with Crippen LogP contribution >= 0.6 is 0 Å². The zero-order valence-electron chi connectivity index (χ0n) is 15.3. The molecule has 2 heterocycles. The van der Waals surface area contributed by atoms with E-state index < -0.39 is 10.0 Å². The van der Waals surface area contributed by atoms with Gasteiger partial charge in [0, 0.05) is 37.9 Å². The first-order valence-electron chi connectivity index (χ1n) is 8.63. The highest BCUT2D eigenvalue weighted by atomic mass is 32.2. The quantitative estimate of drug-likeness (QED) is 0.885. The first-order valence-corrected chi connectivity index (χ1v) is 10.1. The lowest BCUT2D eigenvalue weighted by molar-refractivity contribution is -0.120. The predicted octanol–water partition coefficient (Wildman–Crippen LogP) is 2.08. The van der Waals surface area contributed by atoms with Gasteiger partial charge in [0.15, 0.2) is 5.03 Å². The van der Waals surface area contributed by atoms with Crippen molar-refractivity contribution < 1.29 is 13.2 Å². The molecule has 0 radical (unpaired) electrons. The van der Waals surface area contributed by atoms with Gasteiger partial charge in [-0.05, 0) is 43.9 Å². The van der Waals surface area contributed by atoms with Gasteiger partial charge in [0.25, 0.3) is 10.0 Å². The van der Waals surface area contributed by atoms with Gasteiger partial charge in [0.05, 0.1) is 6.33 Å². The number of aryl methyl sites for hydroxylation is 3. The number of rotatable bonds is 4. The second kappa shape index (κ2) is 7.20. The maximum atomic E-state index is 12.6. The molecule has 0 aliphatic carbocycles. The van der Waals surface area contributed by atoms with Gasteiger partial charge in [-0.3, -0.25) is 4.79 Å². The van der Waals surface area contributed by atoms with Crippen molar-refractivity contribution in [3.05, 3.63) is 41.9 Å². The van der Waals surface area contributed by atoms with Crippen molar-refractivity contribution in [1.82, 2.24) is 13.9 Å². The molecule has 1 fully saturated rings. The molecule has 0 atom stereocenters. The molecule has 1 N–H and O–H groups in total. The van der Waals surface area contributed by atoms with E-state index in [9.17, 15) is 13.2 Å². The molecule has 0 saturated carbocycles. The van der Waals surface area contributed by atoms with Gasteiger partial charge in [-0.2, -0.15) is 4.31 Å². The number of nitrogens with one attached hydrogen (secondary N) is 1. The number of aromatic nitrogens is 2. The highest BCUT2D eigenvalue weighted by Gasteiger charge is 2.33. The summed E-state index contributed by atoms with van der Waals surface area (Å²) in [6, 6.07) is 5.94. The lowest BCUT2D eigenvalue weighted by atomic mass is 9.97. The first-order chi connectivity index (χ1) is 12.3. The van der Waals surface area contributed by atoms with Crippen LogP contribution < -0.4 is 5.32 Å². The second-order valence-electron chi connectivity index (χ2n) is 6.86. The van der Waals surface area contributed by atoms with Gasteiger partial charge >= 0.3 is 0 Å². The molecule has 0 unspecified atom stereocenters. The van der Waals surface area contributed by atoms with Crippen molar-refractivity contribution in [2.45, 2.75) is 31.7 Å². The average Bonchev–Trinajstić information content (AvgIpc) is 3.05. The Hall–Kier alpha value is -2.19. The summed E-state index contributed by atoms with van der Waals surface area (Å²) in [5, 5.41) is 3.04. The largest absolute Gasteiger partial charge is 0.339 e. The maximum absolute atomic E-state index is 12.6. The molecule has 1 aliphatic heterocycles. The molecule has 0 spiro atoms. The molecule has 1 saturated heterocycles. The van der Waals surface area contributed by atoms with Crippen molar-refractivity contribution in [3.63, 3.8) is 0 Å². The molecule has 1 aromatic carbocycles. The number of imidazole rings is 1. The monoisotopic (exact) mass is 376 g/mol. The topological polar surface area (TPSA) is 84.3 Å². The minimum absolute atomic E-state index is 0.0476. The second-order valence-corrected chi connectivity index (χ2v) is 8.75. The number of carbonyl (C=O) groups is 1. The maximum Gasteiger partial charge on any atom is 0.262 e. The fraction of sp³-hybridized carbons (Fsp3) is 0.444. The normalized spacial score (nSPS) is 16.6. The number of hydrogen-bond acceptors (Lipinski definition) is 4. The molecular formula is C18H24N4O3S. The van der Waals surface area contributed by atoms with Crippen LogP contribution in [0, 0.1) is 19.8 Å². The van der Waals surface area contributed by atoms with Gasteiger partial charge in [0.2, 0.25) is 5.91 Å². The van der Waals surface area contributed by atoms with E-state index >= 15 is 0 Å². The number of benzene rings is 1. The van der Waals surface area contributed by atoms with Crippen molar-refractivity contribution in [2.24, 2.45) is 13.0 Å². The number of anilines is 1. The Morgan fingerprint density at radius 2 is 1.92 bits per heavy atom. The summed E-state index contributed by atoms with van der Waals surface area (Å²) in [5.74, 6) is -0.237. The van der Waals surface area contributed by atoms with Gasteiger partial charge < -0.3 is 9.88 Å². The summed E-state index contributed by atoms with van der Waals surface area (Å²) in [7, 11) is -1.86. The number of piperidine rings is 1. The Bertz CT molecular complexity index is 912. The van der Waals surface area contributed by atoms with Crippen LogP contribution in [0.5, 0.6) is 0 Å². The van der Waals surface area contributed by atoms with Gasteiger partial charge in [-0.25, -0.2) is 13.4 Å². The van der Waals surface area contributed by atoms with Gasteiger partial charge in [-0.15, -0.1) is 0 Å². The Labute approximate surface area is 154 Å². The molecule has 1 amide bonds. The van der Waals surface area contributed by atoms with Crippen LogP contribution in [0.2, 0.25) is 0 Å². The van der Waals surface area contributed by atoms with E-state index in [1.807, 2.05) is 32.0 Å². The Kier molecular flexibility index (Phi) is 5.15. The van der Waals surface area contributed by atoms with Gasteiger partial charge in [-0.1, -0.05) is 12.1 Å². The Morgan fingerprint density at radius 3 is 2.54 bits per heavy atom. The van der Waals surface area contributed by atoms with E-state index in [4.69, 9.17) is 0 Å². The van der Waals surface area contributed by atoms with E-state index in [-0.39, 0.29) is 16.9 Å². The van der Waals surface area contributed by atoms with Crippen molar-refractivity contribution >= 4 is 21.6 Å². The number of sulfonamides is 1. The van der Waals surface area contributed by atoms with E-state index in [1.165, 1.54) is 16.8 Å². The molecule has 7 nitrogen and oxygen atoms in total. The molecule has 1 aliphatic rings. The number of carbonyl (C=O) groups excluding carboxylic acids is 1. The van der Waals surface area contributed by atoms with Crippen molar-refractivity contribution in [1.29, 1.82) is 0 Å². The minimum Gasteiger partial charge on any atom is -0.339 e. The zero-order valence-corrected chi connectivity index (χ0v) is 16.1. The molecule has 0 bridgehead atoms. The lowest BCUT2D eigenvalue weighted by Crippen LogP contribution is -2.41. The molecule has 8 heteroatoms. The van der Waals surface area contributed by atoms with E-state index in [2.05, 4.69) is 10.3 Å². The minimum atomic E-state index is -3.59. The number of hydrogen-bond donors (Lipinski definition) is 1. The van der Waals surface area contributed by atoms with Crippen molar-refractivity contribution in [2.75, 3.05) is 18.4 Å². The predicted molar refractivity (Wildman–Crippen MR) is 99.2 cm³/mol. The molecule has 2 aromatic rings. The van der Waals surface area contributed by atoms with Crippen LogP contribution in [0.4, 0.5) is 5.69 Å². The van der Waals surface area contributed by atoms with Crippen LogP contribution in [0.1, 0.15) is 24.0 Å². The third-order valence-corrected chi connectivity index (χ3v) is 6.55.